The van der Waals surface area contributed by atoms with E-state index < -0.39 is 0 Å². The predicted molar refractivity (Wildman–Crippen MR) is 72.5 cm³/mol. The fourth-order valence-electron chi connectivity index (χ4n) is 2.67. The van der Waals surface area contributed by atoms with Crippen LogP contribution in [0.4, 0.5) is 11.4 Å². The number of nitrogens with two attached hydrogens (primary N) is 1. The highest BCUT2D eigenvalue weighted by Gasteiger charge is 2.27. The molecule has 2 unspecified atom stereocenters. The largest absolute Gasteiger partial charge is 0.397 e. The molecule has 5 nitrogen and oxygen atoms in total. The zero-order valence-corrected chi connectivity index (χ0v) is 10.4. The van der Waals surface area contributed by atoms with E-state index >= 15 is 0 Å². The number of H-pyrrole nitrogens is 1. The number of nitrogens with one attached hydrogen (secondary N) is 1. The Morgan fingerprint density at radius 2 is 2.39 bits per heavy atom. The third-order valence-electron chi connectivity index (χ3n) is 3.84. The minimum atomic E-state index is -0.257. The van der Waals surface area contributed by atoms with Crippen molar-refractivity contribution in [3.05, 3.63) is 18.3 Å². The number of nitrogens with zero attached hydrogens (tertiary/aromatic N) is 2. The second kappa shape index (κ2) is 4.17. The number of nitrogen functional groups attached to an aromatic ring is 1. The van der Waals surface area contributed by atoms with Crippen LogP contribution in [0.1, 0.15) is 13.3 Å². The number of aromatic nitrogens is 2. The van der Waals surface area contributed by atoms with E-state index in [1.54, 1.807) is 6.20 Å². The highest BCUT2D eigenvalue weighted by molar-refractivity contribution is 5.89. The zero-order chi connectivity index (χ0) is 12.7. The first-order valence-corrected chi connectivity index (χ1v) is 6.31. The molecule has 96 valence electrons. The van der Waals surface area contributed by atoms with Crippen LogP contribution >= 0.6 is 0 Å². The van der Waals surface area contributed by atoms with E-state index in [-0.39, 0.29) is 6.10 Å². The van der Waals surface area contributed by atoms with E-state index in [9.17, 15) is 5.11 Å². The fourth-order valence-corrected chi connectivity index (χ4v) is 2.67. The topological polar surface area (TPSA) is 78.2 Å². The van der Waals surface area contributed by atoms with Crippen LogP contribution in [0.3, 0.4) is 0 Å². The summed E-state index contributed by atoms with van der Waals surface area (Å²) in [6, 6.07) is 3.99. The fraction of sp³-hybridized carbons (Fsp3) is 0.462. The van der Waals surface area contributed by atoms with E-state index in [1.807, 2.05) is 19.1 Å². The van der Waals surface area contributed by atoms with Crippen molar-refractivity contribution in [2.75, 3.05) is 23.7 Å². The first-order chi connectivity index (χ1) is 8.65. The minimum Gasteiger partial charge on any atom is -0.397 e. The Labute approximate surface area is 106 Å². The van der Waals surface area contributed by atoms with Gasteiger partial charge in [0.05, 0.1) is 29.2 Å². The molecule has 0 aliphatic carbocycles. The maximum absolute atomic E-state index is 9.65. The molecule has 0 bridgehead atoms. The van der Waals surface area contributed by atoms with Crippen LogP contribution in [0.2, 0.25) is 0 Å². The molecule has 1 fully saturated rings. The van der Waals surface area contributed by atoms with Crippen molar-refractivity contribution in [1.82, 2.24) is 10.2 Å². The van der Waals surface area contributed by atoms with Gasteiger partial charge >= 0.3 is 0 Å². The molecule has 1 aromatic carbocycles. The summed E-state index contributed by atoms with van der Waals surface area (Å²) in [7, 11) is 0. The Bertz CT molecular complexity index is 563. The van der Waals surface area contributed by atoms with Crippen molar-refractivity contribution >= 4 is 22.3 Å². The second-order valence-corrected chi connectivity index (χ2v) is 5.10. The smallest absolute Gasteiger partial charge is 0.0672 e. The van der Waals surface area contributed by atoms with Gasteiger partial charge in [-0.15, -0.1) is 0 Å². The summed E-state index contributed by atoms with van der Waals surface area (Å²) < 4.78 is 0. The van der Waals surface area contributed by atoms with Gasteiger partial charge in [-0.1, -0.05) is 0 Å². The molecular weight excluding hydrogens is 228 g/mol. The molecule has 0 amide bonds. The molecule has 5 heteroatoms. The average molecular weight is 246 g/mol. The lowest BCUT2D eigenvalue weighted by molar-refractivity contribution is 0.136. The average Bonchev–Trinajstić information content (AvgIpc) is 2.94. The molecule has 2 atom stereocenters. The Hall–Kier alpha value is -1.75. The molecule has 3 rings (SSSR count). The van der Waals surface area contributed by atoms with E-state index in [1.165, 1.54) is 0 Å². The van der Waals surface area contributed by atoms with Gasteiger partial charge in [-0.05, 0) is 25.5 Å². The molecule has 1 aliphatic heterocycles. The van der Waals surface area contributed by atoms with E-state index in [0.717, 1.165) is 41.8 Å². The van der Waals surface area contributed by atoms with Gasteiger partial charge in [0.2, 0.25) is 0 Å². The second-order valence-electron chi connectivity index (χ2n) is 5.10. The Balaban J connectivity index is 1.92. The summed E-state index contributed by atoms with van der Waals surface area (Å²) in [6.07, 6.45) is 2.53. The van der Waals surface area contributed by atoms with Crippen molar-refractivity contribution in [2.24, 2.45) is 5.92 Å². The Morgan fingerprint density at radius 1 is 1.56 bits per heavy atom. The maximum Gasteiger partial charge on any atom is 0.0672 e. The third kappa shape index (κ3) is 1.80. The molecule has 0 radical (unpaired) electrons. The van der Waals surface area contributed by atoms with Gasteiger partial charge in [0.25, 0.3) is 0 Å². The van der Waals surface area contributed by atoms with Crippen LogP contribution in [0, 0.1) is 5.92 Å². The number of hydrogen-bond donors (Lipinski definition) is 3. The lowest BCUT2D eigenvalue weighted by Crippen LogP contribution is -2.24. The molecule has 1 saturated heterocycles. The van der Waals surface area contributed by atoms with Gasteiger partial charge in [0.15, 0.2) is 0 Å². The SMILES string of the molecule is CC(O)C1CCN(c2cc3[nH]ncc3cc2N)C1. The number of anilines is 2. The summed E-state index contributed by atoms with van der Waals surface area (Å²) in [5, 5.41) is 17.7. The normalized spacial score (nSPS) is 21.7. The first kappa shape index (κ1) is 11.3. The zero-order valence-electron chi connectivity index (χ0n) is 10.4. The van der Waals surface area contributed by atoms with E-state index in [4.69, 9.17) is 5.73 Å². The van der Waals surface area contributed by atoms with Crippen LogP contribution in [0.5, 0.6) is 0 Å². The lowest BCUT2D eigenvalue weighted by atomic mass is 10.0. The molecule has 0 spiro atoms. The first-order valence-electron chi connectivity index (χ1n) is 6.31. The predicted octanol–water partition coefficient (Wildman–Crippen LogP) is 1.35. The van der Waals surface area contributed by atoms with Crippen LogP contribution in [0.25, 0.3) is 10.9 Å². The molecule has 2 aromatic rings. The molecule has 18 heavy (non-hydrogen) atoms. The third-order valence-corrected chi connectivity index (χ3v) is 3.84. The highest BCUT2D eigenvalue weighted by atomic mass is 16.3. The molecule has 1 aromatic heterocycles. The summed E-state index contributed by atoms with van der Waals surface area (Å²) in [5.74, 6) is 0.335. The van der Waals surface area contributed by atoms with Crippen LogP contribution in [-0.2, 0) is 0 Å². The lowest BCUT2D eigenvalue weighted by Gasteiger charge is -2.21. The number of aromatic amines is 1. The van der Waals surface area contributed by atoms with Crippen molar-refractivity contribution in [3.63, 3.8) is 0 Å². The van der Waals surface area contributed by atoms with Gasteiger partial charge in [-0.2, -0.15) is 5.10 Å². The van der Waals surface area contributed by atoms with Crippen molar-refractivity contribution < 1.29 is 5.11 Å². The van der Waals surface area contributed by atoms with Gasteiger partial charge < -0.3 is 15.7 Å². The van der Waals surface area contributed by atoms with Gasteiger partial charge in [-0.3, -0.25) is 5.10 Å². The standard InChI is InChI=1S/C13H18N4O/c1-8(18)9-2-3-17(7-9)13-5-12-10(4-11(13)14)6-15-16-12/h4-6,8-9,18H,2-3,7,14H2,1H3,(H,15,16). The summed E-state index contributed by atoms with van der Waals surface area (Å²) in [5.41, 5.74) is 8.91. The van der Waals surface area contributed by atoms with Crippen molar-refractivity contribution in [1.29, 1.82) is 0 Å². The van der Waals surface area contributed by atoms with Crippen LogP contribution in [-0.4, -0.2) is 34.5 Å². The molecule has 2 heterocycles. The Morgan fingerprint density at radius 3 is 3.11 bits per heavy atom. The molecule has 1 aliphatic rings. The summed E-state index contributed by atoms with van der Waals surface area (Å²) in [4.78, 5) is 2.24. The quantitative estimate of drug-likeness (QED) is 0.699. The molecular formula is C13H18N4O. The van der Waals surface area contributed by atoms with E-state index in [0.29, 0.717) is 5.92 Å². The summed E-state index contributed by atoms with van der Waals surface area (Å²) >= 11 is 0. The van der Waals surface area contributed by atoms with Crippen LogP contribution in [0.15, 0.2) is 18.3 Å². The maximum atomic E-state index is 9.65. The van der Waals surface area contributed by atoms with E-state index in [2.05, 4.69) is 15.1 Å². The van der Waals surface area contributed by atoms with Gasteiger partial charge in [-0.25, -0.2) is 0 Å². The number of benzene rings is 1. The monoisotopic (exact) mass is 246 g/mol. The van der Waals surface area contributed by atoms with Crippen LogP contribution < -0.4 is 10.6 Å². The highest BCUT2D eigenvalue weighted by Crippen LogP contribution is 2.32. The minimum absolute atomic E-state index is 0.257. The van der Waals surface area contributed by atoms with Crippen molar-refractivity contribution in [3.8, 4) is 0 Å². The Kier molecular flexibility index (Phi) is 2.63. The molecule has 0 saturated carbocycles. The molecule has 4 N–H and O–H groups in total. The summed E-state index contributed by atoms with van der Waals surface area (Å²) in [6.45, 7) is 3.66. The number of aliphatic hydroxyl groups excluding tert-OH is 1. The van der Waals surface area contributed by atoms with Crippen molar-refractivity contribution in [2.45, 2.75) is 19.4 Å². The number of aliphatic hydroxyl groups is 1. The van der Waals surface area contributed by atoms with Gasteiger partial charge in [0.1, 0.15) is 0 Å². The number of hydrogen-bond acceptors (Lipinski definition) is 4. The number of rotatable bonds is 2. The number of fused-ring (bicyclic) bond motifs is 1. The van der Waals surface area contributed by atoms with Gasteiger partial charge in [0, 0.05) is 24.4 Å².